The molecule has 0 radical (unpaired) electrons. The Balaban J connectivity index is 0.000000640. The van der Waals surface area contributed by atoms with Crippen LogP contribution in [-0.4, -0.2) is 42.8 Å². The van der Waals surface area contributed by atoms with Gasteiger partial charge in [0.15, 0.2) is 0 Å². The third kappa shape index (κ3) is 3.21. The van der Waals surface area contributed by atoms with E-state index in [-0.39, 0.29) is 44.3 Å². The van der Waals surface area contributed by atoms with E-state index in [1.54, 1.807) is 0 Å². The van der Waals surface area contributed by atoms with Crippen molar-refractivity contribution in [3.8, 4) is 0 Å². The van der Waals surface area contributed by atoms with Crippen LogP contribution in [0.4, 0.5) is 0 Å². The molecular weight excluding hydrogens is 140 g/mol. The van der Waals surface area contributed by atoms with Crippen LogP contribution in [-0.2, 0) is 6.61 Å². The van der Waals surface area contributed by atoms with Gasteiger partial charge in [0.1, 0.15) is 0 Å². The molecule has 1 aromatic rings. The summed E-state index contributed by atoms with van der Waals surface area (Å²) in [5.41, 5.74) is 0.965. The Morgan fingerprint density at radius 2 is 1.67 bits per heavy atom. The first-order valence-electron chi connectivity index (χ1n) is 2.58. The number of hydrogen-bond donors (Lipinski definition) is 1. The van der Waals surface area contributed by atoms with Crippen molar-refractivity contribution in [2.24, 2.45) is 0 Å². The molecule has 46 valence electrons. The van der Waals surface area contributed by atoms with Gasteiger partial charge in [-0.3, -0.25) is 0 Å². The minimum atomic E-state index is 0. The predicted molar refractivity (Wildman–Crippen MR) is 40.9 cm³/mol. The molecule has 0 unspecified atom stereocenters. The molecule has 0 saturated carbocycles. The van der Waals surface area contributed by atoms with Crippen molar-refractivity contribution in [2.45, 2.75) is 6.61 Å². The van der Waals surface area contributed by atoms with Crippen molar-refractivity contribution in [2.75, 3.05) is 0 Å². The van der Waals surface area contributed by atoms with Crippen molar-refractivity contribution < 1.29 is 5.11 Å². The van der Waals surface area contributed by atoms with Crippen molar-refractivity contribution in [1.29, 1.82) is 0 Å². The zero-order valence-electron chi connectivity index (χ0n) is 4.54. The SMILES string of the molecule is OCc1ccccc1.[CaH2]. The van der Waals surface area contributed by atoms with Crippen molar-refractivity contribution in [3.05, 3.63) is 35.9 Å². The number of aliphatic hydroxyl groups is 1. The van der Waals surface area contributed by atoms with E-state index in [0.29, 0.717) is 0 Å². The summed E-state index contributed by atoms with van der Waals surface area (Å²) in [7, 11) is 0. The van der Waals surface area contributed by atoms with Crippen molar-refractivity contribution in [1.82, 2.24) is 0 Å². The molecule has 0 heterocycles. The molecule has 1 nitrogen and oxygen atoms in total. The Bertz CT molecular complexity index is 150. The fraction of sp³-hybridized carbons (Fsp3) is 0.143. The molecule has 0 aliphatic rings. The van der Waals surface area contributed by atoms with Crippen LogP contribution in [0, 0.1) is 0 Å². The summed E-state index contributed by atoms with van der Waals surface area (Å²) >= 11 is 0. The van der Waals surface area contributed by atoms with Gasteiger partial charge in [-0.2, -0.15) is 0 Å². The molecule has 1 aromatic carbocycles. The fourth-order valence-corrected chi connectivity index (χ4v) is 0.583. The fourth-order valence-electron chi connectivity index (χ4n) is 0.583. The zero-order valence-corrected chi connectivity index (χ0v) is 4.54. The summed E-state index contributed by atoms with van der Waals surface area (Å²) in [5, 5.41) is 8.54. The summed E-state index contributed by atoms with van der Waals surface area (Å²) in [5.74, 6) is 0. The van der Waals surface area contributed by atoms with Gasteiger partial charge in [-0.05, 0) is 5.56 Å². The first-order valence-corrected chi connectivity index (χ1v) is 2.58. The van der Waals surface area contributed by atoms with Gasteiger partial charge in [-0.15, -0.1) is 0 Å². The van der Waals surface area contributed by atoms with Crippen molar-refractivity contribution >= 4 is 37.7 Å². The first kappa shape index (κ1) is 9.44. The Kier molecular flexibility index (Phi) is 5.50. The third-order valence-electron chi connectivity index (χ3n) is 1.03. The van der Waals surface area contributed by atoms with Crippen LogP contribution in [0.15, 0.2) is 30.3 Å². The molecule has 0 aliphatic heterocycles. The zero-order chi connectivity index (χ0) is 5.82. The maximum atomic E-state index is 8.54. The molecule has 0 amide bonds. The van der Waals surface area contributed by atoms with Gasteiger partial charge < -0.3 is 5.11 Å². The quantitative estimate of drug-likeness (QED) is 0.569. The van der Waals surface area contributed by atoms with Gasteiger partial charge >= 0.3 is 37.7 Å². The van der Waals surface area contributed by atoms with E-state index in [4.69, 9.17) is 5.11 Å². The van der Waals surface area contributed by atoms with E-state index < -0.39 is 0 Å². The molecule has 1 N–H and O–H groups in total. The molecule has 2 heteroatoms. The van der Waals surface area contributed by atoms with Crippen LogP contribution in [0.3, 0.4) is 0 Å². The van der Waals surface area contributed by atoms with Gasteiger partial charge in [0, 0.05) is 0 Å². The summed E-state index contributed by atoms with van der Waals surface area (Å²) in [6, 6.07) is 9.52. The Morgan fingerprint density at radius 3 is 2.00 bits per heavy atom. The molecule has 0 bridgehead atoms. The van der Waals surface area contributed by atoms with E-state index in [1.807, 2.05) is 30.3 Å². The Labute approximate surface area is 84.7 Å². The number of benzene rings is 1. The Morgan fingerprint density at radius 1 is 1.11 bits per heavy atom. The van der Waals surface area contributed by atoms with Crippen molar-refractivity contribution in [3.63, 3.8) is 0 Å². The van der Waals surface area contributed by atoms with Gasteiger partial charge in [-0.1, -0.05) is 30.3 Å². The number of rotatable bonds is 1. The van der Waals surface area contributed by atoms with Crippen LogP contribution in [0.1, 0.15) is 5.56 Å². The molecule has 0 saturated heterocycles. The summed E-state index contributed by atoms with van der Waals surface area (Å²) in [6.07, 6.45) is 0. The average Bonchev–Trinajstić information content (AvgIpc) is 1.90. The van der Waals surface area contributed by atoms with E-state index >= 15 is 0 Å². The van der Waals surface area contributed by atoms with Gasteiger partial charge in [-0.25, -0.2) is 0 Å². The van der Waals surface area contributed by atoms with Crippen LogP contribution < -0.4 is 0 Å². The van der Waals surface area contributed by atoms with Crippen LogP contribution in [0.2, 0.25) is 0 Å². The van der Waals surface area contributed by atoms with E-state index in [0.717, 1.165) is 5.56 Å². The normalized spacial score (nSPS) is 8.11. The molecule has 9 heavy (non-hydrogen) atoms. The van der Waals surface area contributed by atoms with E-state index in [1.165, 1.54) is 0 Å². The number of hydrogen-bond acceptors (Lipinski definition) is 1. The summed E-state index contributed by atoms with van der Waals surface area (Å²) < 4.78 is 0. The number of aliphatic hydroxyl groups excluding tert-OH is 1. The standard InChI is InChI=1S/C7H8O.Ca.2H/c8-6-7-4-2-1-3-5-7;;;/h1-5,8H,6H2;;;. The molecule has 0 fully saturated rings. The minimum absolute atomic E-state index is 0. The average molecular weight is 150 g/mol. The van der Waals surface area contributed by atoms with Gasteiger partial charge in [0.2, 0.25) is 0 Å². The molecular formula is C7H10CaO. The topological polar surface area (TPSA) is 20.2 Å². The predicted octanol–water partition coefficient (Wildman–Crippen LogP) is 0.263. The summed E-state index contributed by atoms with van der Waals surface area (Å²) in [4.78, 5) is 0. The Hall–Kier alpha value is 0.440. The molecule has 0 aliphatic carbocycles. The second-order valence-corrected chi connectivity index (χ2v) is 1.64. The van der Waals surface area contributed by atoms with Crippen LogP contribution in [0.25, 0.3) is 0 Å². The maximum absolute atomic E-state index is 8.54. The van der Waals surface area contributed by atoms with Gasteiger partial charge in [0.25, 0.3) is 0 Å². The second-order valence-electron chi connectivity index (χ2n) is 1.64. The molecule has 0 atom stereocenters. The van der Waals surface area contributed by atoms with E-state index in [2.05, 4.69) is 0 Å². The second kappa shape index (κ2) is 5.24. The van der Waals surface area contributed by atoms with Crippen LogP contribution in [0.5, 0.6) is 0 Å². The van der Waals surface area contributed by atoms with E-state index in [9.17, 15) is 0 Å². The van der Waals surface area contributed by atoms with Gasteiger partial charge in [0.05, 0.1) is 6.61 Å². The van der Waals surface area contributed by atoms with Crippen LogP contribution >= 0.6 is 0 Å². The molecule has 0 aromatic heterocycles. The first-order chi connectivity index (χ1) is 3.93. The third-order valence-corrected chi connectivity index (χ3v) is 1.03. The molecule has 1 rings (SSSR count). The monoisotopic (exact) mass is 150 g/mol. The molecule has 0 spiro atoms. The summed E-state index contributed by atoms with van der Waals surface area (Å²) in [6.45, 7) is 0.140.